The van der Waals surface area contributed by atoms with Crippen molar-refractivity contribution in [2.75, 3.05) is 0 Å². The summed E-state index contributed by atoms with van der Waals surface area (Å²) in [6.45, 7) is 0. The standard InChI is InChI=1S/C7H2BrClF2N2O3/c8-5-3(6(9)14)4(13(15)16)2(1-12-5)7(10)11/h1,7H. The summed E-state index contributed by atoms with van der Waals surface area (Å²) in [5.74, 6) is 0. The molecule has 0 saturated heterocycles. The number of hydrogen-bond acceptors (Lipinski definition) is 4. The van der Waals surface area contributed by atoms with Crippen LogP contribution in [0.25, 0.3) is 0 Å². The lowest BCUT2D eigenvalue weighted by Gasteiger charge is -2.05. The lowest BCUT2D eigenvalue weighted by Crippen LogP contribution is -2.06. The van der Waals surface area contributed by atoms with E-state index in [1.807, 2.05) is 0 Å². The van der Waals surface area contributed by atoms with Gasteiger partial charge in [-0.3, -0.25) is 14.9 Å². The number of pyridine rings is 1. The SMILES string of the molecule is O=C(Cl)c1c(Br)ncc(C(F)F)c1[N+](=O)[O-]. The van der Waals surface area contributed by atoms with Gasteiger partial charge in [-0.25, -0.2) is 13.8 Å². The average Bonchev–Trinajstić information content (AvgIpc) is 2.15. The van der Waals surface area contributed by atoms with Crippen LogP contribution in [0.15, 0.2) is 10.8 Å². The summed E-state index contributed by atoms with van der Waals surface area (Å²) < 4.78 is 24.7. The predicted molar refractivity (Wildman–Crippen MR) is 53.7 cm³/mol. The zero-order valence-corrected chi connectivity index (χ0v) is 9.63. The van der Waals surface area contributed by atoms with Gasteiger partial charge in [0.2, 0.25) is 0 Å². The summed E-state index contributed by atoms with van der Waals surface area (Å²) in [5.41, 5.74) is -2.65. The van der Waals surface area contributed by atoms with E-state index in [1.165, 1.54) is 0 Å². The van der Waals surface area contributed by atoms with E-state index in [0.717, 1.165) is 0 Å². The molecule has 9 heteroatoms. The first kappa shape index (κ1) is 12.9. The van der Waals surface area contributed by atoms with Crippen molar-refractivity contribution in [2.24, 2.45) is 0 Å². The molecule has 0 bridgehead atoms. The van der Waals surface area contributed by atoms with Crippen LogP contribution in [0.5, 0.6) is 0 Å². The minimum Gasteiger partial charge on any atom is -0.275 e. The Hall–Kier alpha value is -1.15. The second-order valence-corrected chi connectivity index (χ2v) is 3.65. The molecule has 0 atom stereocenters. The fraction of sp³-hybridized carbons (Fsp3) is 0.143. The topological polar surface area (TPSA) is 73.1 Å². The van der Waals surface area contributed by atoms with Crippen LogP contribution in [-0.2, 0) is 0 Å². The number of hydrogen-bond donors (Lipinski definition) is 0. The smallest absolute Gasteiger partial charge is 0.275 e. The van der Waals surface area contributed by atoms with E-state index < -0.39 is 33.4 Å². The first-order valence-corrected chi connectivity index (χ1v) is 4.84. The molecule has 5 nitrogen and oxygen atoms in total. The Balaban J connectivity index is 3.63. The Morgan fingerprint density at radius 1 is 1.62 bits per heavy atom. The van der Waals surface area contributed by atoms with Crippen LogP contribution in [0.4, 0.5) is 14.5 Å². The van der Waals surface area contributed by atoms with Gasteiger partial charge in [-0.05, 0) is 27.5 Å². The molecular weight excluding hydrogens is 313 g/mol. The molecule has 0 radical (unpaired) electrons. The van der Waals surface area contributed by atoms with Crippen LogP contribution in [0.3, 0.4) is 0 Å². The van der Waals surface area contributed by atoms with E-state index in [1.54, 1.807) is 0 Å². The summed E-state index contributed by atoms with van der Waals surface area (Å²) in [4.78, 5) is 23.8. The summed E-state index contributed by atoms with van der Waals surface area (Å²) in [7, 11) is 0. The highest BCUT2D eigenvalue weighted by molar-refractivity contribution is 9.10. The lowest BCUT2D eigenvalue weighted by atomic mass is 10.1. The van der Waals surface area contributed by atoms with Crippen molar-refractivity contribution in [1.29, 1.82) is 0 Å². The highest BCUT2D eigenvalue weighted by Gasteiger charge is 2.31. The highest BCUT2D eigenvalue weighted by Crippen LogP contribution is 2.35. The third kappa shape index (κ3) is 2.33. The van der Waals surface area contributed by atoms with Gasteiger partial charge >= 0.3 is 0 Å². The van der Waals surface area contributed by atoms with Crippen molar-refractivity contribution in [2.45, 2.75) is 6.43 Å². The number of halogens is 4. The van der Waals surface area contributed by atoms with Crippen molar-refractivity contribution in [1.82, 2.24) is 4.98 Å². The van der Waals surface area contributed by atoms with Gasteiger partial charge in [0.1, 0.15) is 15.7 Å². The number of nitro groups is 1. The first-order chi connectivity index (χ1) is 7.36. The third-order valence-electron chi connectivity index (χ3n) is 1.65. The molecule has 0 aliphatic carbocycles. The van der Waals surface area contributed by atoms with Gasteiger partial charge in [-0.15, -0.1) is 0 Å². The molecule has 1 rings (SSSR count). The van der Waals surface area contributed by atoms with Crippen LogP contribution in [-0.4, -0.2) is 15.1 Å². The molecule has 1 heterocycles. The zero-order valence-electron chi connectivity index (χ0n) is 7.29. The second-order valence-electron chi connectivity index (χ2n) is 2.56. The molecule has 0 N–H and O–H groups in total. The molecule has 86 valence electrons. The number of rotatable bonds is 3. The largest absolute Gasteiger partial charge is 0.294 e. The van der Waals surface area contributed by atoms with Gasteiger partial charge in [-0.1, -0.05) is 0 Å². The Morgan fingerprint density at radius 3 is 2.56 bits per heavy atom. The summed E-state index contributed by atoms with van der Waals surface area (Å²) in [5, 5.41) is 9.39. The van der Waals surface area contributed by atoms with Crippen LogP contribution < -0.4 is 0 Å². The number of aromatic nitrogens is 1. The number of carbonyl (C=O) groups excluding carboxylic acids is 1. The lowest BCUT2D eigenvalue weighted by molar-refractivity contribution is -0.386. The van der Waals surface area contributed by atoms with Crippen LogP contribution in [0.1, 0.15) is 22.3 Å². The summed E-state index contributed by atoms with van der Waals surface area (Å²) in [6.07, 6.45) is -2.49. The van der Waals surface area contributed by atoms with E-state index in [4.69, 9.17) is 11.6 Å². The minimum absolute atomic E-state index is 0.247. The molecule has 0 amide bonds. The van der Waals surface area contributed by atoms with E-state index >= 15 is 0 Å². The van der Waals surface area contributed by atoms with Gasteiger partial charge in [0, 0.05) is 6.20 Å². The number of carbonyl (C=O) groups is 1. The number of alkyl halides is 2. The van der Waals surface area contributed by atoms with Crippen LogP contribution in [0, 0.1) is 10.1 Å². The summed E-state index contributed by atoms with van der Waals surface area (Å²) >= 11 is 7.81. The molecular formula is C7H2BrClF2N2O3. The molecule has 0 unspecified atom stereocenters. The zero-order chi connectivity index (χ0) is 12.5. The van der Waals surface area contributed by atoms with Crippen molar-refractivity contribution in [3.05, 3.63) is 32.0 Å². The maximum Gasteiger partial charge on any atom is 0.294 e. The molecule has 0 aliphatic heterocycles. The maximum absolute atomic E-state index is 12.4. The minimum atomic E-state index is -3.12. The van der Waals surface area contributed by atoms with Gasteiger partial charge in [-0.2, -0.15) is 0 Å². The Labute approximate surface area is 101 Å². The van der Waals surface area contributed by atoms with Crippen molar-refractivity contribution in [3.63, 3.8) is 0 Å². The molecule has 16 heavy (non-hydrogen) atoms. The van der Waals surface area contributed by atoms with Crippen molar-refractivity contribution >= 4 is 38.5 Å². The Bertz CT molecular complexity index is 469. The monoisotopic (exact) mass is 314 g/mol. The molecule has 0 saturated carbocycles. The molecule has 1 aromatic rings. The fourth-order valence-corrected chi connectivity index (χ4v) is 1.79. The third-order valence-corrected chi connectivity index (χ3v) is 2.44. The Morgan fingerprint density at radius 2 is 2.19 bits per heavy atom. The quantitative estimate of drug-likeness (QED) is 0.372. The van der Waals surface area contributed by atoms with E-state index in [0.29, 0.717) is 6.20 Å². The van der Waals surface area contributed by atoms with Gasteiger partial charge in [0.05, 0.1) is 4.92 Å². The Kier molecular flexibility index (Phi) is 3.87. The van der Waals surface area contributed by atoms with Crippen LogP contribution >= 0.6 is 27.5 Å². The second kappa shape index (κ2) is 4.79. The molecule has 1 aromatic heterocycles. The molecule has 0 fully saturated rings. The van der Waals surface area contributed by atoms with Gasteiger partial charge < -0.3 is 0 Å². The van der Waals surface area contributed by atoms with E-state index in [9.17, 15) is 23.7 Å². The van der Waals surface area contributed by atoms with Gasteiger partial charge in [0.15, 0.2) is 0 Å². The predicted octanol–water partition coefficient (Wildman–Crippen LogP) is 3.07. The average molecular weight is 315 g/mol. The first-order valence-electron chi connectivity index (χ1n) is 3.67. The highest BCUT2D eigenvalue weighted by atomic mass is 79.9. The molecule has 0 aliphatic rings. The van der Waals surface area contributed by atoms with Crippen LogP contribution in [0.2, 0.25) is 0 Å². The van der Waals surface area contributed by atoms with Crippen molar-refractivity contribution in [3.8, 4) is 0 Å². The normalized spacial score (nSPS) is 10.6. The van der Waals surface area contributed by atoms with Gasteiger partial charge in [0.25, 0.3) is 17.4 Å². The number of nitrogens with zero attached hydrogens (tertiary/aromatic N) is 2. The van der Waals surface area contributed by atoms with E-state index in [-0.39, 0.29) is 4.60 Å². The van der Waals surface area contributed by atoms with Crippen molar-refractivity contribution < 1.29 is 18.5 Å². The van der Waals surface area contributed by atoms with E-state index in [2.05, 4.69) is 20.9 Å². The maximum atomic E-state index is 12.4. The summed E-state index contributed by atoms with van der Waals surface area (Å²) in [6, 6.07) is 0. The fourth-order valence-electron chi connectivity index (χ4n) is 1.02. The molecule has 0 aromatic carbocycles. The molecule has 0 spiro atoms.